The minimum absolute atomic E-state index is 0.855. The summed E-state index contributed by atoms with van der Waals surface area (Å²) in [5, 5.41) is 0. The molecule has 90 valence electrons. The predicted molar refractivity (Wildman–Crippen MR) is 74.5 cm³/mol. The van der Waals surface area contributed by atoms with Crippen LogP contribution in [0.4, 0.5) is 0 Å². The first kappa shape index (κ1) is 14.9. The lowest BCUT2D eigenvalue weighted by Gasteiger charge is -1.99. The molecule has 0 saturated heterocycles. The number of nitrogens with two attached hydrogens (primary N) is 1. The summed E-state index contributed by atoms with van der Waals surface area (Å²) >= 11 is 0. The summed E-state index contributed by atoms with van der Waals surface area (Å²) in [6.45, 7) is 8.93. The molecule has 0 amide bonds. The molecule has 0 unspecified atom stereocenters. The van der Waals surface area contributed by atoms with Crippen LogP contribution in [-0.4, -0.2) is 6.54 Å². The van der Waals surface area contributed by atoms with E-state index in [-0.39, 0.29) is 0 Å². The topological polar surface area (TPSA) is 26.0 Å². The molecule has 1 rings (SSSR count). The van der Waals surface area contributed by atoms with Gasteiger partial charge in [0.05, 0.1) is 0 Å². The Labute approximate surface area is 100 Å². The number of hydrogen-bond acceptors (Lipinski definition) is 1. The van der Waals surface area contributed by atoms with Gasteiger partial charge in [-0.1, -0.05) is 63.6 Å². The zero-order valence-corrected chi connectivity index (χ0v) is 10.7. The Morgan fingerprint density at radius 1 is 1.19 bits per heavy atom. The lowest BCUT2D eigenvalue weighted by molar-refractivity contribution is 0.727. The maximum absolute atomic E-state index is 5.21. The normalized spacial score (nSPS) is 9.19. The van der Waals surface area contributed by atoms with E-state index in [9.17, 15) is 0 Å². The minimum Gasteiger partial charge on any atom is -0.330 e. The zero-order chi connectivity index (χ0) is 12.2. The van der Waals surface area contributed by atoms with Crippen LogP contribution >= 0.6 is 0 Å². The maximum atomic E-state index is 5.21. The molecule has 0 bridgehead atoms. The Morgan fingerprint density at radius 2 is 1.88 bits per heavy atom. The highest BCUT2D eigenvalue weighted by molar-refractivity contribution is 5.51. The van der Waals surface area contributed by atoms with Gasteiger partial charge in [-0.05, 0) is 30.5 Å². The molecule has 16 heavy (non-hydrogen) atoms. The van der Waals surface area contributed by atoms with E-state index in [1.807, 2.05) is 12.1 Å². The second-order valence-corrected chi connectivity index (χ2v) is 3.75. The van der Waals surface area contributed by atoms with E-state index in [1.165, 1.54) is 30.4 Å². The molecule has 0 radical (unpaired) electrons. The van der Waals surface area contributed by atoms with Crippen molar-refractivity contribution < 1.29 is 0 Å². The van der Waals surface area contributed by atoms with E-state index in [2.05, 4.69) is 38.6 Å². The lowest BCUT2D eigenvalue weighted by Crippen LogP contribution is -1.96. The van der Waals surface area contributed by atoms with E-state index >= 15 is 0 Å². The van der Waals surface area contributed by atoms with Crippen molar-refractivity contribution in [3.8, 4) is 0 Å². The summed E-state index contributed by atoms with van der Waals surface area (Å²) in [6, 6.07) is 8.32. The van der Waals surface area contributed by atoms with Gasteiger partial charge in [-0.25, -0.2) is 0 Å². The highest BCUT2D eigenvalue weighted by atomic mass is 14.5. The Balaban J connectivity index is 0.000000325. The first-order valence-corrected chi connectivity index (χ1v) is 6.20. The highest BCUT2D eigenvalue weighted by Crippen LogP contribution is 2.09. The number of unbranched alkanes of at least 4 members (excludes halogenated alkanes) is 2. The van der Waals surface area contributed by atoms with Gasteiger partial charge in [-0.15, -0.1) is 0 Å². The molecule has 1 heteroatoms. The molecule has 0 fully saturated rings. The van der Waals surface area contributed by atoms with Crippen LogP contribution in [0.2, 0.25) is 0 Å². The molecule has 0 saturated carbocycles. The van der Waals surface area contributed by atoms with Gasteiger partial charge >= 0.3 is 0 Å². The van der Waals surface area contributed by atoms with Gasteiger partial charge in [-0.2, -0.15) is 0 Å². The molecule has 0 aliphatic carbocycles. The number of benzene rings is 1. The van der Waals surface area contributed by atoms with Crippen LogP contribution in [-0.2, 0) is 6.42 Å². The van der Waals surface area contributed by atoms with Crippen LogP contribution in [0.1, 0.15) is 44.2 Å². The maximum Gasteiger partial charge on any atom is -0.00773 e. The third kappa shape index (κ3) is 6.41. The average Bonchev–Trinajstić information content (AvgIpc) is 2.36. The van der Waals surface area contributed by atoms with E-state index in [0.29, 0.717) is 0 Å². The molecule has 1 aromatic carbocycles. The first-order chi connectivity index (χ1) is 7.79. The number of aryl methyl sites for hydroxylation is 1. The van der Waals surface area contributed by atoms with Gasteiger partial charge in [0, 0.05) is 0 Å². The highest BCUT2D eigenvalue weighted by Gasteiger charge is 1.91. The van der Waals surface area contributed by atoms with Gasteiger partial charge in [0.25, 0.3) is 0 Å². The monoisotopic (exact) mass is 219 g/mol. The molecule has 1 aromatic rings. The van der Waals surface area contributed by atoms with Crippen molar-refractivity contribution in [3.63, 3.8) is 0 Å². The molecule has 0 spiro atoms. The summed E-state index contributed by atoms with van der Waals surface area (Å²) in [4.78, 5) is 0. The van der Waals surface area contributed by atoms with Crippen LogP contribution < -0.4 is 5.73 Å². The van der Waals surface area contributed by atoms with Crippen LogP contribution in [0.3, 0.4) is 0 Å². The van der Waals surface area contributed by atoms with Crippen LogP contribution in [0.15, 0.2) is 30.8 Å². The predicted octanol–water partition coefficient (Wildman–Crippen LogP) is 4.03. The van der Waals surface area contributed by atoms with Crippen LogP contribution in [0, 0.1) is 0 Å². The Bertz CT molecular complexity index is 275. The standard InChI is InChI=1S/C10H12.C5H13N/c1-3-9-7-5-6-8-10(9)4-2;1-2-3-4-5-6/h3,5-8H,1,4H2,2H3;2-6H2,1H3. The van der Waals surface area contributed by atoms with Crippen molar-refractivity contribution in [2.45, 2.75) is 39.5 Å². The van der Waals surface area contributed by atoms with E-state index in [4.69, 9.17) is 5.73 Å². The van der Waals surface area contributed by atoms with E-state index < -0.39 is 0 Å². The fourth-order valence-electron chi connectivity index (χ4n) is 1.45. The largest absolute Gasteiger partial charge is 0.330 e. The van der Waals surface area contributed by atoms with Crippen molar-refractivity contribution >= 4 is 6.08 Å². The summed E-state index contributed by atoms with van der Waals surface area (Å²) in [6.07, 6.45) is 6.74. The number of rotatable bonds is 5. The van der Waals surface area contributed by atoms with Gasteiger partial charge in [0.15, 0.2) is 0 Å². The molecule has 0 heterocycles. The average molecular weight is 219 g/mol. The number of hydrogen-bond donors (Lipinski definition) is 1. The molecular formula is C15H25N. The van der Waals surface area contributed by atoms with Crippen molar-refractivity contribution in [2.24, 2.45) is 5.73 Å². The fourth-order valence-corrected chi connectivity index (χ4v) is 1.45. The van der Waals surface area contributed by atoms with Gasteiger partial charge in [0.2, 0.25) is 0 Å². The van der Waals surface area contributed by atoms with E-state index in [1.54, 1.807) is 0 Å². The van der Waals surface area contributed by atoms with Gasteiger partial charge in [-0.3, -0.25) is 0 Å². The van der Waals surface area contributed by atoms with Crippen LogP contribution in [0.5, 0.6) is 0 Å². The molecular weight excluding hydrogens is 194 g/mol. The second-order valence-electron chi connectivity index (χ2n) is 3.75. The molecule has 0 aliphatic rings. The second kappa shape index (κ2) is 10.4. The molecule has 2 N–H and O–H groups in total. The fraction of sp³-hybridized carbons (Fsp3) is 0.467. The minimum atomic E-state index is 0.855. The Kier molecular flexibility index (Phi) is 9.73. The van der Waals surface area contributed by atoms with Gasteiger partial charge in [0.1, 0.15) is 0 Å². The Hall–Kier alpha value is -1.08. The van der Waals surface area contributed by atoms with Crippen molar-refractivity contribution in [3.05, 3.63) is 42.0 Å². The third-order valence-electron chi connectivity index (χ3n) is 2.46. The van der Waals surface area contributed by atoms with E-state index in [0.717, 1.165) is 13.0 Å². The van der Waals surface area contributed by atoms with Crippen molar-refractivity contribution in [1.29, 1.82) is 0 Å². The van der Waals surface area contributed by atoms with Crippen molar-refractivity contribution in [1.82, 2.24) is 0 Å². The van der Waals surface area contributed by atoms with Crippen LogP contribution in [0.25, 0.3) is 6.08 Å². The SMILES string of the molecule is C=Cc1ccccc1CC.CCCCCN. The Morgan fingerprint density at radius 3 is 2.25 bits per heavy atom. The van der Waals surface area contributed by atoms with Crippen molar-refractivity contribution in [2.75, 3.05) is 6.54 Å². The van der Waals surface area contributed by atoms with Gasteiger partial charge < -0.3 is 5.73 Å². The molecule has 0 aliphatic heterocycles. The molecule has 1 nitrogen and oxygen atoms in total. The summed E-state index contributed by atoms with van der Waals surface area (Å²) in [7, 11) is 0. The summed E-state index contributed by atoms with van der Waals surface area (Å²) in [5.74, 6) is 0. The first-order valence-electron chi connectivity index (χ1n) is 6.20. The molecule has 0 aromatic heterocycles. The smallest absolute Gasteiger partial charge is 0.00773 e. The summed E-state index contributed by atoms with van der Waals surface area (Å²) < 4.78 is 0. The molecule has 0 atom stereocenters. The third-order valence-corrected chi connectivity index (χ3v) is 2.46. The zero-order valence-electron chi connectivity index (χ0n) is 10.7. The summed E-state index contributed by atoms with van der Waals surface area (Å²) in [5.41, 5.74) is 7.84. The quantitative estimate of drug-likeness (QED) is 0.743. The lowest BCUT2D eigenvalue weighted by atomic mass is 10.1.